The molecule has 0 radical (unpaired) electrons. The van der Waals surface area contributed by atoms with Gasteiger partial charge in [0.25, 0.3) is 0 Å². The number of β-lactam (4-membered cyclic amide) rings is 1. The number of amides is 1. The van der Waals surface area contributed by atoms with Gasteiger partial charge in [0.15, 0.2) is 11.5 Å². The number of likely N-dealkylation sites (tertiary alicyclic amines) is 1. The second-order valence-corrected chi connectivity index (χ2v) is 4.21. The molecule has 0 spiro atoms. The van der Waals surface area contributed by atoms with Crippen molar-refractivity contribution in [2.24, 2.45) is 5.73 Å². The lowest BCUT2D eigenvalue weighted by Gasteiger charge is -2.45. The molecular weight excluding hydrogens is 220 g/mol. The zero-order valence-corrected chi connectivity index (χ0v) is 9.55. The number of hydrogen-bond acceptors (Lipinski definition) is 4. The third-order valence-electron chi connectivity index (χ3n) is 3.32. The predicted octanol–water partition coefficient (Wildman–Crippen LogP) is 0.646. The fraction of sp³-hybridized carbons (Fsp3) is 0.417. The van der Waals surface area contributed by atoms with Gasteiger partial charge in [-0.1, -0.05) is 6.07 Å². The van der Waals surface area contributed by atoms with Crippen molar-refractivity contribution < 1.29 is 14.3 Å². The molecular formula is C12H14N2O3. The SMILES string of the molecule is CCN1C(=O)[C@@H](N)[C@H]1c1ccc2c(c1)OCO2. The molecule has 1 aromatic rings. The molecule has 2 heterocycles. The van der Waals surface area contributed by atoms with E-state index in [0.717, 1.165) is 17.1 Å². The Morgan fingerprint density at radius 3 is 2.94 bits per heavy atom. The maximum absolute atomic E-state index is 11.6. The number of fused-ring (bicyclic) bond motifs is 1. The molecule has 2 N–H and O–H groups in total. The summed E-state index contributed by atoms with van der Waals surface area (Å²) >= 11 is 0. The lowest BCUT2D eigenvalue weighted by atomic mass is 9.89. The fourth-order valence-electron chi connectivity index (χ4n) is 2.41. The molecule has 5 nitrogen and oxygen atoms in total. The molecule has 2 aliphatic heterocycles. The lowest BCUT2D eigenvalue weighted by molar-refractivity contribution is -0.149. The molecule has 0 aliphatic carbocycles. The molecule has 3 rings (SSSR count). The molecule has 1 amide bonds. The Morgan fingerprint density at radius 1 is 1.41 bits per heavy atom. The summed E-state index contributed by atoms with van der Waals surface area (Å²) in [4.78, 5) is 13.3. The summed E-state index contributed by atoms with van der Waals surface area (Å²) in [5.74, 6) is 1.48. The monoisotopic (exact) mass is 234 g/mol. The first kappa shape index (κ1) is 10.4. The third-order valence-corrected chi connectivity index (χ3v) is 3.32. The largest absolute Gasteiger partial charge is 0.454 e. The van der Waals surface area contributed by atoms with E-state index in [1.165, 1.54) is 0 Å². The summed E-state index contributed by atoms with van der Waals surface area (Å²) < 4.78 is 10.6. The molecule has 1 aromatic carbocycles. The number of hydrogen-bond donors (Lipinski definition) is 1. The Labute approximate surface area is 99.1 Å². The summed E-state index contributed by atoms with van der Waals surface area (Å²) in [7, 11) is 0. The minimum Gasteiger partial charge on any atom is -0.454 e. The quantitative estimate of drug-likeness (QED) is 0.763. The number of likely N-dealkylation sites (N-methyl/N-ethyl adjacent to an activating group) is 1. The minimum atomic E-state index is -0.435. The standard InChI is InChI=1S/C12H14N2O3/c1-2-14-11(10(13)12(14)15)7-3-4-8-9(5-7)17-6-16-8/h3-5,10-11H,2,6,13H2,1H3/t10-,11+/m0/s1. The summed E-state index contributed by atoms with van der Waals surface area (Å²) in [6.07, 6.45) is 0. The van der Waals surface area contributed by atoms with Gasteiger partial charge in [-0.2, -0.15) is 0 Å². The number of benzene rings is 1. The van der Waals surface area contributed by atoms with Gasteiger partial charge in [-0.25, -0.2) is 0 Å². The van der Waals surface area contributed by atoms with Gasteiger partial charge >= 0.3 is 0 Å². The van der Waals surface area contributed by atoms with Crippen LogP contribution in [0.4, 0.5) is 0 Å². The van der Waals surface area contributed by atoms with E-state index in [-0.39, 0.29) is 18.7 Å². The van der Waals surface area contributed by atoms with Crippen LogP contribution in [0.5, 0.6) is 11.5 Å². The number of carbonyl (C=O) groups excluding carboxylic acids is 1. The van der Waals surface area contributed by atoms with Crippen LogP contribution < -0.4 is 15.2 Å². The lowest BCUT2D eigenvalue weighted by Crippen LogP contribution is -2.62. The van der Waals surface area contributed by atoms with Gasteiger partial charge in [0.05, 0.1) is 6.04 Å². The molecule has 0 saturated carbocycles. The Balaban J connectivity index is 1.92. The van der Waals surface area contributed by atoms with Crippen LogP contribution in [0.3, 0.4) is 0 Å². The Bertz CT molecular complexity index is 475. The first-order chi connectivity index (χ1) is 8.22. The van der Waals surface area contributed by atoms with Crippen LogP contribution in [0.1, 0.15) is 18.5 Å². The van der Waals surface area contributed by atoms with E-state index in [4.69, 9.17) is 15.2 Å². The van der Waals surface area contributed by atoms with Crippen molar-refractivity contribution in [3.8, 4) is 11.5 Å². The van der Waals surface area contributed by atoms with Gasteiger partial charge in [-0.15, -0.1) is 0 Å². The Morgan fingerprint density at radius 2 is 2.18 bits per heavy atom. The van der Waals surface area contributed by atoms with Crippen molar-refractivity contribution in [3.05, 3.63) is 23.8 Å². The van der Waals surface area contributed by atoms with E-state index in [1.807, 2.05) is 25.1 Å². The second-order valence-electron chi connectivity index (χ2n) is 4.21. The maximum Gasteiger partial charge on any atom is 0.242 e. The van der Waals surface area contributed by atoms with Crippen LogP contribution in [0, 0.1) is 0 Å². The Hall–Kier alpha value is -1.75. The van der Waals surface area contributed by atoms with Crippen LogP contribution in [-0.4, -0.2) is 30.2 Å². The van der Waals surface area contributed by atoms with Gasteiger partial charge in [0.2, 0.25) is 12.7 Å². The summed E-state index contributed by atoms with van der Waals surface area (Å²) in [5.41, 5.74) is 6.85. The van der Waals surface area contributed by atoms with Gasteiger partial charge in [-0.3, -0.25) is 4.79 Å². The summed E-state index contributed by atoms with van der Waals surface area (Å²) in [6, 6.07) is 5.23. The van der Waals surface area contributed by atoms with Gasteiger partial charge in [0.1, 0.15) is 6.04 Å². The third kappa shape index (κ3) is 1.39. The molecule has 5 heteroatoms. The van der Waals surface area contributed by atoms with E-state index in [2.05, 4.69) is 0 Å². The number of rotatable bonds is 2. The maximum atomic E-state index is 11.6. The van der Waals surface area contributed by atoms with Crippen LogP contribution in [0.25, 0.3) is 0 Å². The number of carbonyl (C=O) groups is 1. The first-order valence-corrected chi connectivity index (χ1v) is 5.68. The van der Waals surface area contributed by atoms with E-state index in [9.17, 15) is 4.79 Å². The fourth-order valence-corrected chi connectivity index (χ4v) is 2.41. The van der Waals surface area contributed by atoms with Crippen molar-refractivity contribution in [2.75, 3.05) is 13.3 Å². The highest BCUT2D eigenvalue weighted by Gasteiger charge is 2.44. The zero-order valence-electron chi connectivity index (χ0n) is 9.55. The van der Waals surface area contributed by atoms with Crippen molar-refractivity contribution >= 4 is 5.91 Å². The van der Waals surface area contributed by atoms with Gasteiger partial charge in [-0.05, 0) is 24.6 Å². The van der Waals surface area contributed by atoms with E-state index in [0.29, 0.717) is 6.54 Å². The normalized spacial score (nSPS) is 26.0. The van der Waals surface area contributed by atoms with Crippen LogP contribution in [-0.2, 0) is 4.79 Å². The molecule has 2 aliphatic rings. The highest BCUT2D eigenvalue weighted by molar-refractivity contribution is 5.89. The average molecular weight is 234 g/mol. The number of nitrogens with two attached hydrogens (primary N) is 1. The molecule has 0 bridgehead atoms. The van der Waals surface area contributed by atoms with E-state index < -0.39 is 6.04 Å². The number of nitrogens with zero attached hydrogens (tertiary/aromatic N) is 1. The zero-order chi connectivity index (χ0) is 12.0. The number of ether oxygens (including phenoxy) is 2. The smallest absolute Gasteiger partial charge is 0.242 e. The minimum absolute atomic E-state index is 0.00941. The van der Waals surface area contributed by atoms with Gasteiger partial charge in [0, 0.05) is 6.54 Å². The molecule has 17 heavy (non-hydrogen) atoms. The van der Waals surface area contributed by atoms with E-state index >= 15 is 0 Å². The molecule has 1 fully saturated rings. The summed E-state index contributed by atoms with van der Waals surface area (Å²) in [6.45, 7) is 2.88. The van der Waals surface area contributed by atoms with Crippen LogP contribution in [0.15, 0.2) is 18.2 Å². The topological polar surface area (TPSA) is 64.8 Å². The van der Waals surface area contributed by atoms with Crippen molar-refractivity contribution in [3.63, 3.8) is 0 Å². The molecule has 90 valence electrons. The average Bonchev–Trinajstić information content (AvgIpc) is 2.81. The highest BCUT2D eigenvalue weighted by atomic mass is 16.7. The second kappa shape index (κ2) is 3.63. The van der Waals surface area contributed by atoms with Gasteiger partial charge < -0.3 is 20.1 Å². The molecule has 0 unspecified atom stereocenters. The molecule has 2 atom stereocenters. The highest BCUT2D eigenvalue weighted by Crippen LogP contribution is 2.39. The predicted molar refractivity (Wildman–Crippen MR) is 60.7 cm³/mol. The Kier molecular flexibility index (Phi) is 2.22. The summed E-state index contributed by atoms with van der Waals surface area (Å²) in [5, 5.41) is 0. The van der Waals surface area contributed by atoms with Crippen molar-refractivity contribution in [1.29, 1.82) is 0 Å². The van der Waals surface area contributed by atoms with E-state index in [1.54, 1.807) is 4.90 Å². The van der Waals surface area contributed by atoms with Crippen molar-refractivity contribution in [2.45, 2.75) is 19.0 Å². The van der Waals surface area contributed by atoms with Crippen LogP contribution >= 0.6 is 0 Å². The molecule has 1 saturated heterocycles. The molecule has 0 aromatic heterocycles. The van der Waals surface area contributed by atoms with Crippen LogP contribution in [0.2, 0.25) is 0 Å². The first-order valence-electron chi connectivity index (χ1n) is 5.68. The van der Waals surface area contributed by atoms with Crippen molar-refractivity contribution in [1.82, 2.24) is 4.90 Å².